The van der Waals surface area contributed by atoms with Crippen molar-refractivity contribution in [1.82, 2.24) is 10.9 Å². The minimum atomic E-state index is 0.528. The molecule has 0 aromatic heterocycles. The molecule has 0 saturated heterocycles. The second-order valence-corrected chi connectivity index (χ2v) is 2.08. The van der Waals surface area contributed by atoms with E-state index in [0.29, 0.717) is 6.04 Å². The highest BCUT2D eigenvalue weighted by atomic mass is 15.4. The molecule has 0 amide bonds. The molecule has 0 saturated carbocycles. The Bertz CT molecular complexity index is 107. The van der Waals surface area contributed by atoms with Crippen LogP contribution in [0.3, 0.4) is 0 Å². The molecule has 0 bridgehead atoms. The Balaban J connectivity index is 2.49. The molecule has 46 valence electrons. The van der Waals surface area contributed by atoms with Crippen LogP contribution in [0.5, 0.6) is 0 Å². The molecule has 0 fully saturated rings. The number of nitrogens with one attached hydrogen (secondary N) is 2. The van der Waals surface area contributed by atoms with Gasteiger partial charge in [0.1, 0.15) is 0 Å². The van der Waals surface area contributed by atoms with Crippen LogP contribution in [0.4, 0.5) is 0 Å². The first-order chi connectivity index (χ1) is 3.84. The summed E-state index contributed by atoms with van der Waals surface area (Å²) in [5.74, 6) is 0. The van der Waals surface area contributed by atoms with E-state index < -0.39 is 0 Å². The van der Waals surface area contributed by atoms with Gasteiger partial charge in [-0.15, -0.1) is 0 Å². The Morgan fingerprint density at radius 2 is 2.50 bits per heavy atom. The van der Waals surface area contributed by atoms with Crippen LogP contribution in [0.1, 0.15) is 20.3 Å². The summed E-state index contributed by atoms with van der Waals surface area (Å²) in [4.78, 5) is 0. The van der Waals surface area contributed by atoms with E-state index >= 15 is 0 Å². The third-order valence-electron chi connectivity index (χ3n) is 1.52. The van der Waals surface area contributed by atoms with Crippen LogP contribution < -0.4 is 10.9 Å². The SMILES string of the molecule is CCC1=CNN[C@@H]1C. The molecule has 2 nitrogen and oxygen atoms in total. The van der Waals surface area contributed by atoms with Crippen molar-refractivity contribution in [3.63, 3.8) is 0 Å². The molecule has 0 aliphatic carbocycles. The third-order valence-corrected chi connectivity index (χ3v) is 1.52. The predicted molar refractivity (Wildman–Crippen MR) is 34.1 cm³/mol. The highest BCUT2D eigenvalue weighted by Crippen LogP contribution is 2.07. The van der Waals surface area contributed by atoms with Crippen LogP contribution in [-0.2, 0) is 0 Å². The first-order valence-corrected chi connectivity index (χ1v) is 3.04. The van der Waals surface area contributed by atoms with Crippen LogP contribution >= 0.6 is 0 Å². The molecule has 0 aromatic rings. The summed E-state index contributed by atoms with van der Waals surface area (Å²) < 4.78 is 0. The van der Waals surface area contributed by atoms with Gasteiger partial charge in [0.25, 0.3) is 0 Å². The van der Waals surface area contributed by atoms with Crippen molar-refractivity contribution in [2.24, 2.45) is 0 Å². The largest absolute Gasteiger partial charge is 0.328 e. The quantitative estimate of drug-likeness (QED) is 0.523. The summed E-state index contributed by atoms with van der Waals surface area (Å²) in [6, 6.07) is 0.528. The second-order valence-electron chi connectivity index (χ2n) is 2.08. The summed E-state index contributed by atoms with van der Waals surface area (Å²) in [7, 11) is 0. The summed E-state index contributed by atoms with van der Waals surface area (Å²) in [5.41, 5.74) is 7.49. The lowest BCUT2D eigenvalue weighted by atomic mass is 10.1. The van der Waals surface area contributed by atoms with Gasteiger partial charge >= 0.3 is 0 Å². The van der Waals surface area contributed by atoms with Gasteiger partial charge in [0, 0.05) is 12.2 Å². The van der Waals surface area contributed by atoms with E-state index in [2.05, 4.69) is 24.7 Å². The standard InChI is InChI=1S/C6H12N2/c1-3-6-4-7-8-5(6)2/h4-5,7-8H,3H2,1-2H3/t5-/m1/s1. The minimum Gasteiger partial charge on any atom is -0.328 e. The van der Waals surface area contributed by atoms with Gasteiger partial charge in [0.05, 0.1) is 0 Å². The maximum absolute atomic E-state index is 3.08. The molecule has 2 N–H and O–H groups in total. The van der Waals surface area contributed by atoms with Crippen LogP contribution in [0, 0.1) is 0 Å². The Labute approximate surface area is 49.9 Å². The Morgan fingerprint density at radius 1 is 1.75 bits per heavy atom. The first-order valence-electron chi connectivity index (χ1n) is 3.04. The molecule has 0 aromatic carbocycles. The van der Waals surface area contributed by atoms with Gasteiger partial charge in [0.15, 0.2) is 0 Å². The molecule has 1 atom stereocenters. The molecular weight excluding hydrogens is 100 g/mol. The van der Waals surface area contributed by atoms with E-state index in [1.807, 2.05) is 6.20 Å². The monoisotopic (exact) mass is 112 g/mol. The van der Waals surface area contributed by atoms with Crippen LogP contribution in [0.25, 0.3) is 0 Å². The molecule has 2 heteroatoms. The van der Waals surface area contributed by atoms with Gasteiger partial charge in [0.2, 0.25) is 0 Å². The van der Waals surface area contributed by atoms with Crippen molar-refractivity contribution in [2.75, 3.05) is 0 Å². The molecule has 0 radical (unpaired) electrons. The van der Waals surface area contributed by atoms with Crippen molar-refractivity contribution in [2.45, 2.75) is 26.3 Å². The fourth-order valence-electron chi connectivity index (χ4n) is 0.885. The van der Waals surface area contributed by atoms with Crippen molar-refractivity contribution in [3.05, 3.63) is 11.8 Å². The maximum atomic E-state index is 3.08. The van der Waals surface area contributed by atoms with Crippen molar-refractivity contribution >= 4 is 0 Å². The topological polar surface area (TPSA) is 24.1 Å². The summed E-state index contributed by atoms with van der Waals surface area (Å²) in [6.07, 6.45) is 3.17. The zero-order chi connectivity index (χ0) is 5.98. The van der Waals surface area contributed by atoms with Crippen molar-refractivity contribution in [1.29, 1.82) is 0 Å². The molecule has 1 aliphatic heterocycles. The second kappa shape index (κ2) is 2.18. The molecule has 0 spiro atoms. The van der Waals surface area contributed by atoms with Crippen LogP contribution in [0.2, 0.25) is 0 Å². The minimum absolute atomic E-state index is 0.528. The van der Waals surface area contributed by atoms with Gasteiger partial charge < -0.3 is 5.43 Å². The normalized spacial score (nSPS) is 27.2. The Kier molecular flexibility index (Phi) is 1.53. The number of rotatable bonds is 1. The predicted octanol–water partition coefficient (Wildman–Crippen LogP) is 0.777. The van der Waals surface area contributed by atoms with Gasteiger partial charge in [-0.3, -0.25) is 0 Å². The summed E-state index contributed by atoms with van der Waals surface area (Å²) in [6.45, 7) is 4.31. The number of hydrogen-bond donors (Lipinski definition) is 2. The highest BCUT2D eigenvalue weighted by Gasteiger charge is 2.09. The van der Waals surface area contributed by atoms with E-state index in [0.717, 1.165) is 6.42 Å². The van der Waals surface area contributed by atoms with E-state index in [-0.39, 0.29) is 0 Å². The molecule has 0 unspecified atom stereocenters. The van der Waals surface area contributed by atoms with Crippen molar-refractivity contribution in [3.8, 4) is 0 Å². The molecule has 1 heterocycles. The molecule has 1 rings (SSSR count). The van der Waals surface area contributed by atoms with Gasteiger partial charge in [-0.1, -0.05) is 6.92 Å². The van der Waals surface area contributed by atoms with Gasteiger partial charge in [-0.2, -0.15) is 0 Å². The smallest absolute Gasteiger partial charge is 0.0458 e. The zero-order valence-electron chi connectivity index (χ0n) is 5.36. The fraction of sp³-hybridized carbons (Fsp3) is 0.667. The van der Waals surface area contributed by atoms with Crippen LogP contribution in [-0.4, -0.2) is 6.04 Å². The Morgan fingerprint density at radius 3 is 2.75 bits per heavy atom. The maximum Gasteiger partial charge on any atom is 0.0458 e. The zero-order valence-corrected chi connectivity index (χ0v) is 5.36. The van der Waals surface area contributed by atoms with E-state index in [1.54, 1.807) is 0 Å². The lowest BCUT2D eigenvalue weighted by Gasteiger charge is -2.03. The lowest BCUT2D eigenvalue weighted by molar-refractivity contribution is 0.602. The van der Waals surface area contributed by atoms with E-state index in [1.165, 1.54) is 5.57 Å². The number of hydrogen-bond acceptors (Lipinski definition) is 2. The fourth-order valence-corrected chi connectivity index (χ4v) is 0.885. The van der Waals surface area contributed by atoms with Crippen LogP contribution in [0.15, 0.2) is 11.8 Å². The van der Waals surface area contributed by atoms with Crippen molar-refractivity contribution < 1.29 is 0 Å². The van der Waals surface area contributed by atoms with E-state index in [9.17, 15) is 0 Å². The number of hydrazine groups is 1. The molecule has 1 aliphatic rings. The molecular formula is C6H12N2. The average Bonchev–Trinajstić information content (AvgIpc) is 2.14. The van der Waals surface area contributed by atoms with Gasteiger partial charge in [-0.05, 0) is 18.9 Å². The van der Waals surface area contributed by atoms with E-state index in [4.69, 9.17) is 0 Å². The summed E-state index contributed by atoms with van der Waals surface area (Å²) >= 11 is 0. The Hall–Kier alpha value is -0.500. The highest BCUT2D eigenvalue weighted by molar-refractivity contribution is 5.11. The third kappa shape index (κ3) is 0.842. The summed E-state index contributed by atoms with van der Waals surface area (Å²) in [5, 5.41) is 0. The average molecular weight is 112 g/mol. The molecule has 8 heavy (non-hydrogen) atoms. The van der Waals surface area contributed by atoms with Gasteiger partial charge in [-0.25, -0.2) is 5.43 Å². The lowest BCUT2D eigenvalue weighted by Crippen LogP contribution is -2.28. The first kappa shape index (κ1) is 5.63.